The first-order valence-electron chi connectivity index (χ1n) is 10.3. The topological polar surface area (TPSA) is 49.3 Å². The van der Waals surface area contributed by atoms with Crippen LogP contribution in [-0.4, -0.2) is 17.6 Å². The van der Waals surface area contributed by atoms with E-state index in [0.29, 0.717) is 12.1 Å². The molecule has 0 heterocycles. The Morgan fingerprint density at radius 1 is 0.800 bits per heavy atom. The number of unbranched alkanes of at least 4 members (excludes halogenated alkanes) is 12. The molecule has 0 aliphatic rings. The number of rotatable bonds is 15. The zero-order valence-electron chi connectivity index (χ0n) is 16.1. The van der Waals surface area contributed by atoms with Crippen LogP contribution >= 0.6 is 0 Å². The molecule has 1 rings (SSSR count). The van der Waals surface area contributed by atoms with Gasteiger partial charge in [-0.3, -0.25) is 4.79 Å². The molecule has 0 fully saturated rings. The van der Waals surface area contributed by atoms with Gasteiger partial charge in [0.1, 0.15) is 5.75 Å². The molecule has 25 heavy (non-hydrogen) atoms. The Balaban J connectivity index is 1.86. The van der Waals surface area contributed by atoms with Crippen LogP contribution in [0.5, 0.6) is 5.75 Å². The molecule has 3 nitrogen and oxygen atoms in total. The zero-order valence-corrected chi connectivity index (χ0v) is 16.1. The van der Waals surface area contributed by atoms with Crippen LogP contribution in [0.3, 0.4) is 0 Å². The van der Waals surface area contributed by atoms with Crippen LogP contribution in [0.1, 0.15) is 101 Å². The molecule has 0 unspecified atom stereocenters. The van der Waals surface area contributed by atoms with Gasteiger partial charge >= 0.3 is 0 Å². The fraction of sp³-hybridized carbons (Fsp3) is 0.682. The Hall–Kier alpha value is -1.51. The van der Waals surface area contributed by atoms with E-state index >= 15 is 0 Å². The number of phenols is 1. The van der Waals surface area contributed by atoms with E-state index in [1.54, 1.807) is 24.3 Å². The van der Waals surface area contributed by atoms with Crippen molar-refractivity contribution in [2.45, 2.75) is 90.4 Å². The zero-order chi connectivity index (χ0) is 18.2. The standard InChI is InChI=1S/C22H37NO2/c1-2-3-4-5-6-7-8-9-10-11-12-13-16-19-23-22(25)20-17-14-15-18-21(20)24/h14-15,17-18,24H,2-13,16,19H2,1H3,(H,23,25). The first-order chi connectivity index (χ1) is 12.3. The molecule has 3 heteroatoms. The van der Waals surface area contributed by atoms with Crippen LogP contribution in [0.4, 0.5) is 0 Å². The lowest BCUT2D eigenvalue weighted by molar-refractivity contribution is 0.0950. The number of hydrogen-bond acceptors (Lipinski definition) is 2. The maximum absolute atomic E-state index is 11.9. The number of phenolic OH excluding ortho intramolecular Hbond substituents is 1. The number of benzene rings is 1. The molecule has 1 amide bonds. The summed E-state index contributed by atoms with van der Waals surface area (Å²) < 4.78 is 0. The summed E-state index contributed by atoms with van der Waals surface area (Å²) in [4.78, 5) is 11.9. The van der Waals surface area contributed by atoms with Crippen molar-refractivity contribution in [2.24, 2.45) is 0 Å². The fourth-order valence-corrected chi connectivity index (χ4v) is 3.11. The van der Waals surface area contributed by atoms with Gasteiger partial charge in [0.2, 0.25) is 0 Å². The Labute approximate surface area is 154 Å². The van der Waals surface area contributed by atoms with E-state index in [4.69, 9.17) is 0 Å². The Morgan fingerprint density at radius 2 is 1.28 bits per heavy atom. The predicted molar refractivity (Wildman–Crippen MR) is 106 cm³/mol. The average Bonchev–Trinajstić information content (AvgIpc) is 2.62. The first-order valence-corrected chi connectivity index (χ1v) is 10.3. The lowest BCUT2D eigenvalue weighted by Crippen LogP contribution is -2.24. The summed E-state index contributed by atoms with van der Waals surface area (Å²) in [6.45, 7) is 2.95. The predicted octanol–water partition coefficient (Wildman–Crippen LogP) is 6.21. The highest BCUT2D eigenvalue weighted by Gasteiger charge is 2.08. The summed E-state index contributed by atoms with van der Waals surface area (Å²) in [5.74, 6) is -0.137. The molecule has 2 N–H and O–H groups in total. The smallest absolute Gasteiger partial charge is 0.255 e. The number of carbonyl (C=O) groups excluding carboxylic acids is 1. The number of para-hydroxylation sites is 1. The molecule has 0 saturated carbocycles. The summed E-state index contributed by atoms with van der Waals surface area (Å²) in [6.07, 6.45) is 17.2. The molecule has 0 aromatic heterocycles. The van der Waals surface area contributed by atoms with Crippen molar-refractivity contribution in [3.05, 3.63) is 29.8 Å². The summed E-state index contributed by atoms with van der Waals surface area (Å²) in [5, 5.41) is 12.5. The minimum atomic E-state index is -0.183. The van der Waals surface area contributed by atoms with Gasteiger partial charge in [-0.1, -0.05) is 96.1 Å². The molecule has 142 valence electrons. The Morgan fingerprint density at radius 3 is 1.80 bits per heavy atom. The van der Waals surface area contributed by atoms with Crippen molar-refractivity contribution >= 4 is 5.91 Å². The van der Waals surface area contributed by atoms with E-state index in [1.807, 2.05) is 0 Å². The molecule has 0 spiro atoms. The van der Waals surface area contributed by atoms with Gasteiger partial charge in [0.25, 0.3) is 5.91 Å². The maximum Gasteiger partial charge on any atom is 0.255 e. The van der Waals surface area contributed by atoms with Gasteiger partial charge in [0, 0.05) is 6.54 Å². The monoisotopic (exact) mass is 347 g/mol. The summed E-state index contributed by atoms with van der Waals surface area (Å²) in [6, 6.07) is 6.67. The number of hydrogen-bond donors (Lipinski definition) is 2. The molecule has 0 atom stereocenters. The highest BCUT2D eigenvalue weighted by Crippen LogP contribution is 2.15. The molecule has 0 aliphatic carbocycles. The highest BCUT2D eigenvalue weighted by molar-refractivity contribution is 5.96. The molecule has 1 aromatic carbocycles. The first kappa shape index (κ1) is 21.5. The van der Waals surface area contributed by atoms with Gasteiger partial charge in [-0.2, -0.15) is 0 Å². The fourth-order valence-electron chi connectivity index (χ4n) is 3.11. The third-order valence-electron chi connectivity index (χ3n) is 4.71. The number of nitrogens with one attached hydrogen (secondary N) is 1. The van der Waals surface area contributed by atoms with Crippen molar-refractivity contribution in [1.29, 1.82) is 0 Å². The second-order valence-electron chi connectivity index (χ2n) is 7.02. The number of aromatic hydroxyl groups is 1. The minimum Gasteiger partial charge on any atom is -0.507 e. The van der Waals surface area contributed by atoms with Crippen LogP contribution in [0.2, 0.25) is 0 Å². The third-order valence-corrected chi connectivity index (χ3v) is 4.71. The van der Waals surface area contributed by atoms with Crippen LogP contribution in [0, 0.1) is 0 Å². The molecular weight excluding hydrogens is 310 g/mol. The normalized spacial score (nSPS) is 10.8. The SMILES string of the molecule is CCCCCCCCCCCCCCCNC(=O)c1ccccc1O. The molecule has 0 radical (unpaired) electrons. The van der Waals surface area contributed by atoms with Crippen LogP contribution < -0.4 is 5.32 Å². The van der Waals surface area contributed by atoms with Gasteiger partial charge in [0.05, 0.1) is 5.56 Å². The van der Waals surface area contributed by atoms with Crippen molar-refractivity contribution < 1.29 is 9.90 Å². The van der Waals surface area contributed by atoms with Crippen LogP contribution in [-0.2, 0) is 0 Å². The van der Waals surface area contributed by atoms with E-state index in [9.17, 15) is 9.90 Å². The van der Waals surface area contributed by atoms with Gasteiger partial charge in [-0.05, 0) is 18.6 Å². The largest absolute Gasteiger partial charge is 0.507 e. The second-order valence-corrected chi connectivity index (χ2v) is 7.02. The van der Waals surface area contributed by atoms with Crippen molar-refractivity contribution in [1.82, 2.24) is 5.32 Å². The highest BCUT2D eigenvalue weighted by atomic mass is 16.3. The maximum atomic E-state index is 11.9. The van der Waals surface area contributed by atoms with Gasteiger partial charge < -0.3 is 10.4 Å². The van der Waals surface area contributed by atoms with Gasteiger partial charge in [-0.25, -0.2) is 0 Å². The van der Waals surface area contributed by atoms with E-state index in [2.05, 4.69) is 12.2 Å². The quantitative estimate of drug-likeness (QED) is 0.370. The molecule has 0 saturated heterocycles. The summed E-state index contributed by atoms with van der Waals surface area (Å²) >= 11 is 0. The molecule has 0 aliphatic heterocycles. The minimum absolute atomic E-state index is 0.0466. The molecular formula is C22H37NO2. The number of carbonyl (C=O) groups is 1. The van der Waals surface area contributed by atoms with Gasteiger partial charge in [-0.15, -0.1) is 0 Å². The molecule has 0 bridgehead atoms. The van der Waals surface area contributed by atoms with E-state index in [0.717, 1.165) is 12.8 Å². The van der Waals surface area contributed by atoms with Crippen molar-refractivity contribution in [3.8, 4) is 5.75 Å². The lowest BCUT2D eigenvalue weighted by atomic mass is 10.0. The van der Waals surface area contributed by atoms with Crippen LogP contribution in [0.25, 0.3) is 0 Å². The van der Waals surface area contributed by atoms with Crippen LogP contribution in [0.15, 0.2) is 24.3 Å². The Bertz CT molecular complexity index is 459. The van der Waals surface area contributed by atoms with Crippen molar-refractivity contribution in [3.63, 3.8) is 0 Å². The van der Waals surface area contributed by atoms with Gasteiger partial charge in [0.15, 0.2) is 0 Å². The third kappa shape index (κ3) is 10.9. The summed E-state index contributed by atoms with van der Waals surface area (Å²) in [7, 11) is 0. The molecule has 1 aromatic rings. The average molecular weight is 348 g/mol. The number of amides is 1. The van der Waals surface area contributed by atoms with Crippen molar-refractivity contribution in [2.75, 3.05) is 6.54 Å². The lowest BCUT2D eigenvalue weighted by Gasteiger charge is -2.06. The van der Waals surface area contributed by atoms with E-state index < -0.39 is 0 Å². The summed E-state index contributed by atoms with van der Waals surface area (Å²) in [5.41, 5.74) is 0.359. The van der Waals surface area contributed by atoms with E-state index in [1.165, 1.54) is 70.6 Å². The van der Waals surface area contributed by atoms with E-state index in [-0.39, 0.29) is 11.7 Å². The Kier molecular flexibility index (Phi) is 12.7. The second kappa shape index (κ2) is 14.8.